The smallest absolute Gasteiger partial charge is 0.408 e. The van der Waals surface area contributed by atoms with E-state index < -0.39 is 11.2 Å². The van der Waals surface area contributed by atoms with Gasteiger partial charge in [0.1, 0.15) is 0 Å². The predicted molar refractivity (Wildman–Crippen MR) is 72.9 cm³/mol. The van der Waals surface area contributed by atoms with Crippen LogP contribution in [0.15, 0.2) is 27.4 Å². The monoisotopic (exact) mass is 263 g/mol. The van der Waals surface area contributed by atoms with Crippen LogP contribution in [0.3, 0.4) is 0 Å². The Morgan fingerprint density at radius 3 is 2.89 bits per heavy atom. The van der Waals surface area contributed by atoms with Gasteiger partial charge in [0.05, 0.1) is 10.9 Å². The van der Waals surface area contributed by atoms with Gasteiger partial charge >= 0.3 is 5.76 Å². The fourth-order valence-electron chi connectivity index (χ4n) is 1.71. The average molecular weight is 263 g/mol. The molecule has 1 atom stereocenters. The molecule has 1 aromatic carbocycles. The van der Waals surface area contributed by atoms with E-state index in [1.807, 2.05) is 13.8 Å². The second kappa shape index (κ2) is 4.89. The first-order valence-corrected chi connectivity index (χ1v) is 6.13. The Balaban J connectivity index is 2.26. The van der Waals surface area contributed by atoms with Crippen LogP contribution >= 0.6 is 0 Å². The Bertz CT molecular complexity index is 652. The van der Waals surface area contributed by atoms with E-state index in [9.17, 15) is 9.59 Å². The fourth-order valence-corrected chi connectivity index (χ4v) is 1.71. The van der Waals surface area contributed by atoms with Crippen molar-refractivity contribution in [3.63, 3.8) is 0 Å². The minimum atomic E-state index is -0.598. The summed E-state index contributed by atoms with van der Waals surface area (Å²) in [7, 11) is 0. The van der Waals surface area contributed by atoms with Crippen molar-refractivity contribution < 1.29 is 9.21 Å². The number of H-pyrrole nitrogens is 1. The number of rotatable bonds is 4. The van der Waals surface area contributed by atoms with Crippen LogP contribution in [0.25, 0.3) is 11.1 Å². The van der Waals surface area contributed by atoms with Gasteiger partial charge in [0.2, 0.25) is 5.91 Å². The molecule has 0 spiro atoms. The molecular formula is C13H17N3O3. The van der Waals surface area contributed by atoms with E-state index in [0.717, 1.165) is 0 Å². The van der Waals surface area contributed by atoms with E-state index >= 15 is 0 Å². The highest BCUT2D eigenvalue weighted by Crippen LogP contribution is 2.23. The standard InChI is InChI=1S/C13H17N3O3/c1-3-13(2,7-14)11(17)15-8-4-5-10-9(6-8)16-12(18)19-10/h4-6H,3,7,14H2,1-2H3,(H,15,17)(H,16,18). The lowest BCUT2D eigenvalue weighted by Gasteiger charge is -2.24. The van der Waals surface area contributed by atoms with Crippen LogP contribution in [-0.2, 0) is 4.79 Å². The first-order valence-electron chi connectivity index (χ1n) is 6.13. The number of fused-ring (bicyclic) bond motifs is 1. The maximum Gasteiger partial charge on any atom is 0.417 e. The molecule has 6 heteroatoms. The van der Waals surface area contributed by atoms with Gasteiger partial charge < -0.3 is 15.5 Å². The fraction of sp³-hybridized carbons (Fsp3) is 0.385. The molecule has 0 saturated carbocycles. The molecule has 1 heterocycles. The van der Waals surface area contributed by atoms with Crippen LogP contribution in [0.2, 0.25) is 0 Å². The zero-order chi connectivity index (χ0) is 14.0. The first kappa shape index (κ1) is 13.4. The maximum atomic E-state index is 12.2. The van der Waals surface area contributed by atoms with Crippen molar-refractivity contribution in [1.82, 2.24) is 4.98 Å². The van der Waals surface area contributed by atoms with E-state index in [-0.39, 0.29) is 12.5 Å². The van der Waals surface area contributed by atoms with Gasteiger partial charge in [-0.05, 0) is 31.5 Å². The van der Waals surface area contributed by atoms with Crippen molar-refractivity contribution in [2.45, 2.75) is 20.3 Å². The quantitative estimate of drug-likeness (QED) is 0.776. The van der Waals surface area contributed by atoms with E-state index in [1.165, 1.54) is 0 Å². The lowest BCUT2D eigenvalue weighted by molar-refractivity contribution is -0.124. The van der Waals surface area contributed by atoms with Crippen LogP contribution in [0, 0.1) is 5.41 Å². The first-order chi connectivity index (χ1) is 8.98. The number of carbonyl (C=O) groups excluding carboxylic acids is 1. The molecule has 0 bridgehead atoms. The minimum absolute atomic E-state index is 0.136. The number of nitrogens with two attached hydrogens (primary N) is 1. The summed E-state index contributed by atoms with van der Waals surface area (Å²) >= 11 is 0. The second-order valence-electron chi connectivity index (χ2n) is 4.80. The second-order valence-corrected chi connectivity index (χ2v) is 4.80. The summed E-state index contributed by atoms with van der Waals surface area (Å²) < 4.78 is 4.89. The Labute approximate surface area is 110 Å². The van der Waals surface area contributed by atoms with Crippen LogP contribution < -0.4 is 16.8 Å². The molecule has 0 fully saturated rings. The third kappa shape index (κ3) is 2.53. The number of oxazole rings is 1. The molecule has 4 N–H and O–H groups in total. The molecule has 1 aromatic heterocycles. The zero-order valence-electron chi connectivity index (χ0n) is 10.9. The molecule has 0 radical (unpaired) electrons. The summed E-state index contributed by atoms with van der Waals surface area (Å²) in [5.74, 6) is -0.651. The van der Waals surface area contributed by atoms with E-state index in [0.29, 0.717) is 23.2 Å². The Hall–Kier alpha value is -2.08. The van der Waals surface area contributed by atoms with E-state index in [4.69, 9.17) is 10.2 Å². The van der Waals surface area contributed by atoms with Gasteiger partial charge in [0.25, 0.3) is 0 Å². The number of amides is 1. The van der Waals surface area contributed by atoms with E-state index in [1.54, 1.807) is 18.2 Å². The minimum Gasteiger partial charge on any atom is -0.408 e. The van der Waals surface area contributed by atoms with Crippen LogP contribution in [-0.4, -0.2) is 17.4 Å². The van der Waals surface area contributed by atoms with Crippen molar-refractivity contribution in [2.24, 2.45) is 11.1 Å². The Morgan fingerprint density at radius 1 is 1.53 bits per heavy atom. The van der Waals surface area contributed by atoms with Gasteiger partial charge in [-0.15, -0.1) is 0 Å². The van der Waals surface area contributed by atoms with Gasteiger partial charge in [0, 0.05) is 12.2 Å². The lowest BCUT2D eigenvalue weighted by Crippen LogP contribution is -2.39. The summed E-state index contributed by atoms with van der Waals surface area (Å²) in [5, 5.41) is 2.80. The number of hydrogen-bond donors (Lipinski definition) is 3. The normalized spacial score (nSPS) is 14.3. The maximum absolute atomic E-state index is 12.2. The van der Waals surface area contributed by atoms with E-state index in [2.05, 4.69) is 10.3 Å². The largest absolute Gasteiger partial charge is 0.417 e. The molecule has 0 aliphatic carbocycles. The zero-order valence-corrected chi connectivity index (χ0v) is 10.9. The lowest BCUT2D eigenvalue weighted by atomic mass is 9.86. The highest BCUT2D eigenvalue weighted by Gasteiger charge is 2.29. The topological polar surface area (TPSA) is 101 Å². The number of anilines is 1. The molecule has 0 aliphatic heterocycles. The van der Waals surface area contributed by atoms with Crippen LogP contribution in [0.1, 0.15) is 20.3 Å². The molecular weight excluding hydrogens is 246 g/mol. The summed E-state index contributed by atoms with van der Waals surface area (Å²) in [6, 6.07) is 4.98. The van der Waals surface area contributed by atoms with Gasteiger partial charge in [0.15, 0.2) is 5.58 Å². The number of hydrogen-bond acceptors (Lipinski definition) is 4. The number of nitrogens with one attached hydrogen (secondary N) is 2. The molecule has 2 rings (SSSR count). The van der Waals surface area contributed by atoms with Gasteiger partial charge in [-0.3, -0.25) is 9.78 Å². The number of aromatic nitrogens is 1. The van der Waals surface area contributed by atoms with Gasteiger partial charge in [-0.1, -0.05) is 6.92 Å². The Kier molecular flexibility index (Phi) is 3.44. The summed E-state index contributed by atoms with van der Waals surface area (Å²) in [6.45, 7) is 4.02. The number of benzene rings is 1. The summed E-state index contributed by atoms with van der Waals surface area (Å²) in [5.41, 5.74) is 6.65. The molecule has 1 unspecified atom stereocenters. The molecule has 6 nitrogen and oxygen atoms in total. The number of carbonyl (C=O) groups is 1. The van der Waals surface area contributed by atoms with Crippen molar-refractivity contribution in [3.05, 3.63) is 28.7 Å². The van der Waals surface area contributed by atoms with Crippen molar-refractivity contribution in [1.29, 1.82) is 0 Å². The third-order valence-electron chi connectivity index (χ3n) is 3.46. The average Bonchev–Trinajstić information content (AvgIpc) is 2.77. The highest BCUT2D eigenvalue weighted by molar-refractivity contribution is 5.96. The van der Waals surface area contributed by atoms with Gasteiger partial charge in [-0.2, -0.15) is 0 Å². The molecule has 0 saturated heterocycles. The SMILES string of the molecule is CCC(C)(CN)C(=O)Nc1ccc2oc(=O)[nH]c2c1. The molecule has 0 aliphatic rings. The Morgan fingerprint density at radius 2 is 2.26 bits per heavy atom. The van der Waals surface area contributed by atoms with Crippen LogP contribution in [0.5, 0.6) is 0 Å². The highest BCUT2D eigenvalue weighted by atomic mass is 16.4. The molecule has 2 aromatic rings. The molecule has 102 valence electrons. The van der Waals surface area contributed by atoms with Crippen LogP contribution in [0.4, 0.5) is 5.69 Å². The molecule has 19 heavy (non-hydrogen) atoms. The van der Waals surface area contributed by atoms with Gasteiger partial charge in [-0.25, -0.2) is 4.79 Å². The summed E-state index contributed by atoms with van der Waals surface area (Å²) in [6.07, 6.45) is 0.653. The molecule has 1 amide bonds. The predicted octanol–water partition coefficient (Wildman–Crippen LogP) is 1.43. The summed E-state index contributed by atoms with van der Waals surface area (Å²) in [4.78, 5) is 25.7. The third-order valence-corrected chi connectivity index (χ3v) is 3.46. The van der Waals surface area contributed by atoms with Crippen molar-refractivity contribution in [2.75, 3.05) is 11.9 Å². The van der Waals surface area contributed by atoms with Crippen molar-refractivity contribution in [3.8, 4) is 0 Å². The number of aromatic amines is 1. The van der Waals surface area contributed by atoms with Crippen molar-refractivity contribution >= 4 is 22.7 Å².